The molecule has 0 aliphatic heterocycles. The molecule has 2 atom stereocenters. The molecule has 0 radical (unpaired) electrons. The summed E-state index contributed by atoms with van der Waals surface area (Å²) in [7, 11) is -4.19. The van der Waals surface area contributed by atoms with E-state index < -0.39 is 28.5 Å². The molecule has 0 heterocycles. The topological polar surface area (TPSA) is 96.0 Å². The van der Waals surface area contributed by atoms with Crippen molar-refractivity contribution in [1.82, 2.24) is 10.2 Å². The summed E-state index contributed by atoms with van der Waals surface area (Å²) >= 11 is 6.08. The van der Waals surface area contributed by atoms with Gasteiger partial charge >= 0.3 is 0 Å². The number of ether oxygens (including phenoxy) is 1. The average molecular weight is 600 g/mol. The number of anilines is 1. The first kappa shape index (κ1) is 32.0. The van der Waals surface area contributed by atoms with Gasteiger partial charge in [-0.05, 0) is 68.7 Å². The van der Waals surface area contributed by atoms with Crippen molar-refractivity contribution >= 4 is 39.1 Å². The molecule has 3 aromatic carbocycles. The van der Waals surface area contributed by atoms with Crippen LogP contribution < -0.4 is 14.4 Å². The second-order valence-electron chi connectivity index (χ2n) is 9.62. The molecule has 10 heteroatoms. The molecule has 0 fully saturated rings. The minimum Gasteiger partial charge on any atom is -0.492 e. The molecule has 0 saturated carbocycles. The number of carbonyl (C=O) groups excluding carboxylic acids is 2. The van der Waals surface area contributed by atoms with Crippen molar-refractivity contribution in [1.29, 1.82) is 0 Å². The van der Waals surface area contributed by atoms with Gasteiger partial charge in [-0.2, -0.15) is 0 Å². The van der Waals surface area contributed by atoms with Crippen molar-refractivity contribution < 1.29 is 22.7 Å². The zero-order chi connectivity index (χ0) is 30.0. The average Bonchev–Trinajstić information content (AvgIpc) is 2.97. The fraction of sp³-hybridized carbons (Fsp3) is 0.355. The van der Waals surface area contributed by atoms with Crippen molar-refractivity contribution in [2.45, 2.75) is 64.1 Å². The Balaban J connectivity index is 2.09. The third-order valence-electron chi connectivity index (χ3n) is 6.70. The van der Waals surface area contributed by atoms with Crippen LogP contribution in [0.5, 0.6) is 5.75 Å². The van der Waals surface area contributed by atoms with Crippen LogP contribution in [-0.2, 0) is 26.2 Å². The summed E-state index contributed by atoms with van der Waals surface area (Å²) in [5.41, 5.74) is 0.986. The number of nitrogens with zero attached hydrogens (tertiary/aromatic N) is 2. The number of hydrogen-bond acceptors (Lipinski definition) is 5. The highest BCUT2D eigenvalue weighted by Gasteiger charge is 2.35. The first-order valence-electron chi connectivity index (χ1n) is 13.8. The number of nitrogens with one attached hydrogen (secondary N) is 1. The molecule has 2 amide bonds. The first-order chi connectivity index (χ1) is 19.6. The fourth-order valence-electron chi connectivity index (χ4n) is 4.32. The van der Waals surface area contributed by atoms with Gasteiger partial charge in [0.2, 0.25) is 11.8 Å². The molecule has 8 nitrogen and oxygen atoms in total. The highest BCUT2D eigenvalue weighted by atomic mass is 35.5. The quantitative estimate of drug-likeness (QED) is 0.258. The van der Waals surface area contributed by atoms with Crippen molar-refractivity contribution in [3.63, 3.8) is 0 Å². The summed E-state index contributed by atoms with van der Waals surface area (Å²) in [6.45, 7) is 7.34. The molecule has 0 aromatic heterocycles. The lowest BCUT2D eigenvalue weighted by Gasteiger charge is -2.34. The van der Waals surface area contributed by atoms with E-state index in [1.165, 1.54) is 17.0 Å². The van der Waals surface area contributed by atoms with Gasteiger partial charge in [0.25, 0.3) is 10.0 Å². The van der Waals surface area contributed by atoms with Crippen molar-refractivity contribution in [3.8, 4) is 5.75 Å². The largest absolute Gasteiger partial charge is 0.492 e. The maximum Gasteiger partial charge on any atom is 0.264 e. The Hall–Kier alpha value is -3.56. The summed E-state index contributed by atoms with van der Waals surface area (Å²) in [5, 5.41) is 3.51. The van der Waals surface area contributed by atoms with Gasteiger partial charge in [-0.3, -0.25) is 13.9 Å². The zero-order valence-corrected chi connectivity index (χ0v) is 25.5. The second-order valence-corrected chi connectivity index (χ2v) is 11.9. The molecule has 1 N–H and O–H groups in total. The van der Waals surface area contributed by atoms with Gasteiger partial charge in [0.1, 0.15) is 18.3 Å². The number of hydrogen-bond donors (Lipinski definition) is 1. The highest BCUT2D eigenvalue weighted by molar-refractivity contribution is 7.92. The van der Waals surface area contributed by atoms with Gasteiger partial charge in [-0.1, -0.05) is 67.9 Å². The highest BCUT2D eigenvalue weighted by Crippen LogP contribution is 2.33. The van der Waals surface area contributed by atoms with Crippen molar-refractivity contribution in [3.05, 3.63) is 89.4 Å². The van der Waals surface area contributed by atoms with Crippen LogP contribution in [0.25, 0.3) is 0 Å². The lowest BCUT2D eigenvalue weighted by Crippen LogP contribution is -2.53. The van der Waals surface area contributed by atoms with Crippen LogP contribution in [0.3, 0.4) is 0 Å². The number of carbonyl (C=O) groups is 2. The van der Waals surface area contributed by atoms with Crippen LogP contribution in [-0.4, -0.2) is 50.4 Å². The van der Waals surface area contributed by atoms with Crippen molar-refractivity contribution in [2.24, 2.45) is 0 Å². The minimum absolute atomic E-state index is 0.0323. The summed E-state index contributed by atoms with van der Waals surface area (Å²) in [5.74, 6) is -0.499. The van der Waals surface area contributed by atoms with E-state index >= 15 is 0 Å². The summed E-state index contributed by atoms with van der Waals surface area (Å²) in [4.78, 5) is 29.0. The lowest BCUT2D eigenvalue weighted by atomic mass is 10.1. The third-order valence-corrected chi connectivity index (χ3v) is 8.72. The molecule has 3 aromatic rings. The number of sulfonamides is 1. The SMILES string of the molecule is CCOc1ccccc1N(CC(=O)N(Cc1ccc(Cl)cc1)C(CC)C(=O)NC(C)CC)S(=O)(=O)c1ccccc1. The molecular formula is C31H38ClN3O5S. The van der Waals surface area contributed by atoms with Crippen LogP contribution in [0.1, 0.15) is 46.1 Å². The van der Waals surface area contributed by atoms with Crippen LogP contribution >= 0.6 is 11.6 Å². The molecule has 41 heavy (non-hydrogen) atoms. The molecule has 0 aliphatic rings. The zero-order valence-electron chi connectivity index (χ0n) is 23.9. The lowest BCUT2D eigenvalue weighted by molar-refractivity contribution is -0.140. The van der Waals surface area contributed by atoms with E-state index in [4.69, 9.17) is 16.3 Å². The van der Waals surface area contributed by atoms with E-state index in [0.717, 1.165) is 16.3 Å². The van der Waals surface area contributed by atoms with Crippen molar-refractivity contribution in [2.75, 3.05) is 17.5 Å². The molecule has 2 unspecified atom stereocenters. The van der Waals surface area contributed by atoms with Gasteiger partial charge in [0.05, 0.1) is 17.2 Å². The molecule has 0 saturated heterocycles. The van der Waals surface area contributed by atoms with E-state index in [1.54, 1.807) is 73.7 Å². The number of halogens is 1. The number of amides is 2. The van der Waals surface area contributed by atoms with Gasteiger partial charge < -0.3 is 15.0 Å². The Kier molecular flexibility index (Phi) is 11.6. The monoisotopic (exact) mass is 599 g/mol. The summed E-state index contributed by atoms with van der Waals surface area (Å²) in [6.07, 6.45) is 1.06. The Morgan fingerprint density at radius 2 is 1.54 bits per heavy atom. The standard InChI is InChI=1S/C31H38ClN3O5S/c1-5-23(4)33-31(37)27(6-2)34(21-24-17-19-25(32)20-18-24)30(36)22-35(28-15-11-12-16-29(28)40-7-3)41(38,39)26-13-9-8-10-14-26/h8-20,23,27H,5-7,21-22H2,1-4H3,(H,33,37). The van der Waals surface area contributed by atoms with Gasteiger partial charge in [0.15, 0.2) is 0 Å². The summed E-state index contributed by atoms with van der Waals surface area (Å²) in [6, 6.07) is 20.7. The van der Waals surface area contributed by atoms with Gasteiger partial charge in [0, 0.05) is 17.6 Å². The molecule has 0 aliphatic carbocycles. The molecule has 220 valence electrons. The van der Waals surface area contributed by atoms with Crippen LogP contribution in [0.2, 0.25) is 5.02 Å². The van der Waals surface area contributed by atoms with Gasteiger partial charge in [-0.15, -0.1) is 0 Å². The number of benzene rings is 3. The Morgan fingerprint density at radius 1 is 0.902 bits per heavy atom. The van der Waals surface area contributed by atoms with Gasteiger partial charge in [-0.25, -0.2) is 8.42 Å². The smallest absolute Gasteiger partial charge is 0.264 e. The first-order valence-corrected chi connectivity index (χ1v) is 15.6. The maximum absolute atomic E-state index is 14.2. The Bertz CT molecular complexity index is 1400. The Morgan fingerprint density at radius 3 is 2.15 bits per heavy atom. The second kappa shape index (κ2) is 14.9. The van der Waals surface area contributed by atoms with E-state index in [1.807, 2.05) is 20.8 Å². The predicted octanol–water partition coefficient (Wildman–Crippen LogP) is 5.66. The molecule has 3 rings (SSSR count). The van der Waals surface area contributed by atoms with Crippen LogP contribution in [0.15, 0.2) is 83.8 Å². The van der Waals surface area contributed by atoms with E-state index in [0.29, 0.717) is 23.8 Å². The Labute approximate surface area is 248 Å². The van der Waals surface area contributed by atoms with E-state index in [-0.39, 0.29) is 29.1 Å². The fourth-order valence-corrected chi connectivity index (χ4v) is 5.89. The van der Waals surface area contributed by atoms with E-state index in [9.17, 15) is 18.0 Å². The third kappa shape index (κ3) is 8.24. The maximum atomic E-state index is 14.2. The summed E-state index contributed by atoms with van der Waals surface area (Å²) < 4.78 is 34.8. The molecule has 0 bridgehead atoms. The normalized spacial score (nSPS) is 12.7. The number of para-hydroxylation sites is 2. The predicted molar refractivity (Wildman–Crippen MR) is 163 cm³/mol. The van der Waals surface area contributed by atoms with Crippen LogP contribution in [0.4, 0.5) is 5.69 Å². The van der Waals surface area contributed by atoms with E-state index in [2.05, 4.69) is 5.32 Å². The number of rotatable bonds is 14. The molecular weight excluding hydrogens is 562 g/mol. The molecule has 0 spiro atoms. The minimum atomic E-state index is -4.19. The van der Waals surface area contributed by atoms with Crippen LogP contribution in [0, 0.1) is 0 Å².